The van der Waals surface area contributed by atoms with E-state index in [9.17, 15) is 4.79 Å². The van der Waals surface area contributed by atoms with Gasteiger partial charge in [-0.3, -0.25) is 4.79 Å². The van der Waals surface area contributed by atoms with E-state index in [1.54, 1.807) is 4.90 Å². The quantitative estimate of drug-likeness (QED) is 0.670. The van der Waals surface area contributed by atoms with Crippen molar-refractivity contribution in [2.75, 3.05) is 33.2 Å². The Bertz CT molecular complexity index is 224. The zero-order valence-corrected chi connectivity index (χ0v) is 15.1. The third kappa shape index (κ3) is 10.7. The second-order valence-electron chi connectivity index (χ2n) is 5.03. The molecule has 0 spiro atoms. The molecule has 0 fully saturated rings. The SMILES string of the molecule is CCCN(CCC)CCCC(=O)N(C)C(C)CN.Cl.Cl. The van der Waals surface area contributed by atoms with Gasteiger partial charge in [0.2, 0.25) is 5.91 Å². The summed E-state index contributed by atoms with van der Waals surface area (Å²) in [6.45, 7) is 10.2. The van der Waals surface area contributed by atoms with Crippen molar-refractivity contribution in [3.05, 3.63) is 0 Å². The Labute approximate surface area is 137 Å². The fraction of sp³-hybridized carbons (Fsp3) is 0.929. The van der Waals surface area contributed by atoms with Crippen LogP contribution in [-0.2, 0) is 4.79 Å². The fourth-order valence-corrected chi connectivity index (χ4v) is 2.00. The molecule has 0 aromatic rings. The average Bonchev–Trinajstić information content (AvgIpc) is 2.37. The Kier molecular flexibility index (Phi) is 19.2. The molecule has 0 bridgehead atoms. The van der Waals surface area contributed by atoms with Gasteiger partial charge in [0.15, 0.2) is 0 Å². The van der Waals surface area contributed by atoms with Gasteiger partial charge in [0.25, 0.3) is 0 Å². The van der Waals surface area contributed by atoms with Gasteiger partial charge in [-0.05, 0) is 45.8 Å². The number of nitrogens with two attached hydrogens (primary N) is 1. The van der Waals surface area contributed by atoms with E-state index in [2.05, 4.69) is 18.7 Å². The van der Waals surface area contributed by atoms with E-state index in [1.165, 1.54) is 12.8 Å². The van der Waals surface area contributed by atoms with Crippen LogP contribution in [0.1, 0.15) is 46.5 Å². The predicted molar refractivity (Wildman–Crippen MR) is 92.0 cm³/mol. The topological polar surface area (TPSA) is 49.6 Å². The lowest BCUT2D eigenvalue weighted by Crippen LogP contribution is -2.40. The van der Waals surface area contributed by atoms with Crippen LogP contribution in [0.3, 0.4) is 0 Å². The Balaban J connectivity index is -0.00000144. The highest BCUT2D eigenvalue weighted by molar-refractivity contribution is 5.85. The van der Waals surface area contributed by atoms with E-state index in [4.69, 9.17) is 5.73 Å². The number of rotatable bonds is 10. The maximum absolute atomic E-state index is 11.9. The molecule has 0 saturated heterocycles. The third-order valence-corrected chi connectivity index (χ3v) is 3.34. The number of hydrogen-bond acceptors (Lipinski definition) is 3. The van der Waals surface area contributed by atoms with Crippen molar-refractivity contribution < 1.29 is 4.79 Å². The van der Waals surface area contributed by atoms with Gasteiger partial charge >= 0.3 is 0 Å². The predicted octanol–water partition coefficient (Wildman–Crippen LogP) is 2.54. The molecule has 20 heavy (non-hydrogen) atoms. The van der Waals surface area contributed by atoms with Gasteiger partial charge in [-0.1, -0.05) is 13.8 Å². The van der Waals surface area contributed by atoms with Crippen molar-refractivity contribution in [3.8, 4) is 0 Å². The fourth-order valence-electron chi connectivity index (χ4n) is 2.00. The summed E-state index contributed by atoms with van der Waals surface area (Å²) in [4.78, 5) is 16.1. The molecule has 1 amide bonds. The number of amides is 1. The first-order chi connectivity index (χ1) is 8.56. The molecule has 0 heterocycles. The van der Waals surface area contributed by atoms with Crippen LogP contribution in [0.25, 0.3) is 0 Å². The zero-order valence-electron chi connectivity index (χ0n) is 13.4. The van der Waals surface area contributed by atoms with Crippen LogP contribution in [0.2, 0.25) is 0 Å². The van der Waals surface area contributed by atoms with Gasteiger partial charge in [-0.2, -0.15) is 0 Å². The number of hydrogen-bond donors (Lipinski definition) is 1. The van der Waals surface area contributed by atoms with E-state index in [0.29, 0.717) is 13.0 Å². The maximum Gasteiger partial charge on any atom is 0.222 e. The number of halogens is 2. The van der Waals surface area contributed by atoms with Crippen LogP contribution in [0.15, 0.2) is 0 Å². The normalized spacial score (nSPS) is 11.5. The van der Waals surface area contributed by atoms with E-state index in [-0.39, 0.29) is 36.8 Å². The van der Waals surface area contributed by atoms with Gasteiger partial charge in [0.05, 0.1) is 0 Å². The summed E-state index contributed by atoms with van der Waals surface area (Å²) >= 11 is 0. The van der Waals surface area contributed by atoms with E-state index in [0.717, 1.165) is 26.1 Å². The molecule has 0 radical (unpaired) electrons. The van der Waals surface area contributed by atoms with Gasteiger partial charge in [-0.15, -0.1) is 24.8 Å². The molecule has 0 aromatic heterocycles. The smallest absolute Gasteiger partial charge is 0.222 e. The van der Waals surface area contributed by atoms with Crippen molar-refractivity contribution >= 4 is 30.7 Å². The summed E-state index contributed by atoms with van der Waals surface area (Å²) < 4.78 is 0. The van der Waals surface area contributed by atoms with Crippen LogP contribution < -0.4 is 5.73 Å². The summed E-state index contributed by atoms with van der Waals surface area (Å²) in [7, 11) is 1.84. The molecule has 0 rings (SSSR count). The monoisotopic (exact) mass is 329 g/mol. The molecule has 2 N–H and O–H groups in total. The maximum atomic E-state index is 11.9. The lowest BCUT2D eigenvalue weighted by Gasteiger charge is -2.25. The molecule has 0 aliphatic rings. The Morgan fingerprint density at radius 3 is 2.00 bits per heavy atom. The van der Waals surface area contributed by atoms with E-state index >= 15 is 0 Å². The Morgan fingerprint density at radius 1 is 1.10 bits per heavy atom. The van der Waals surface area contributed by atoms with Crippen molar-refractivity contribution in [2.45, 2.75) is 52.5 Å². The Morgan fingerprint density at radius 2 is 1.60 bits per heavy atom. The number of likely N-dealkylation sites (N-methyl/N-ethyl adjacent to an activating group) is 1. The van der Waals surface area contributed by atoms with Crippen LogP contribution >= 0.6 is 24.8 Å². The first-order valence-electron chi connectivity index (χ1n) is 7.24. The van der Waals surface area contributed by atoms with Crippen LogP contribution in [0, 0.1) is 0 Å². The lowest BCUT2D eigenvalue weighted by atomic mass is 10.2. The minimum atomic E-state index is 0. The largest absolute Gasteiger partial charge is 0.342 e. The van der Waals surface area contributed by atoms with Crippen molar-refractivity contribution in [2.24, 2.45) is 5.73 Å². The van der Waals surface area contributed by atoms with Gasteiger partial charge in [0, 0.05) is 26.1 Å². The Hall–Kier alpha value is -0.0300. The molecule has 124 valence electrons. The molecule has 1 unspecified atom stereocenters. The third-order valence-electron chi connectivity index (χ3n) is 3.34. The average molecular weight is 330 g/mol. The van der Waals surface area contributed by atoms with Crippen LogP contribution in [-0.4, -0.2) is 55.0 Å². The van der Waals surface area contributed by atoms with E-state index < -0.39 is 0 Å². The first-order valence-corrected chi connectivity index (χ1v) is 7.24. The summed E-state index contributed by atoms with van der Waals surface area (Å²) in [6, 6.07) is 0.139. The second kappa shape index (κ2) is 15.4. The molecule has 1 atom stereocenters. The van der Waals surface area contributed by atoms with Gasteiger partial charge in [0.1, 0.15) is 0 Å². The molecule has 4 nitrogen and oxygen atoms in total. The highest BCUT2D eigenvalue weighted by atomic mass is 35.5. The molecular weight excluding hydrogens is 297 g/mol. The summed E-state index contributed by atoms with van der Waals surface area (Å²) in [5, 5.41) is 0. The highest BCUT2D eigenvalue weighted by Gasteiger charge is 2.14. The van der Waals surface area contributed by atoms with Crippen molar-refractivity contribution in [1.29, 1.82) is 0 Å². The van der Waals surface area contributed by atoms with Gasteiger partial charge in [-0.25, -0.2) is 0 Å². The molecular formula is C14H33Cl2N3O. The minimum absolute atomic E-state index is 0. The number of carbonyl (C=O) groups is 1. The summed E-state index contributed by atoms with van der Waals surface area (Å²) in [6.07, 6.45) is 3.93. The minimum Gasteiger partial charge on any atom is -0.342 e. The highest BCUT2D eigenvalue weighted by Crippen LogP contribution is 2.03. The molecule has 0 aliphatic heterocycles. The number of carbonyl (C=O) groups excluding carboxylic acids is 1. The summed E-state index contributed by atoms with van der Waals surface area (Å²) in [5.41, 5.74) is 5.56. The zero-order chi connectivity index (χ0) is 14.0. The standard InChI is InChI=1S/C14H31N3O.2ClH/c1-5-9-17(10-6-2)11-7-8-14(18)16(4)13(3)12-15;;/h13H,5-12,15H2,1-4H3;2*1H. The molecule has 6 heteroatoms. The first kappa shape index (κ1) is 25.0. The van der Waals surface area contributed by atoms with Crippen molar-refractivity contribution in [3.63, 3.8) is 0 Å². The lowest BCUT2D eigenvalue weighted by molar-refractivity contribution is -0.131. The second-order valence-corrected chi connectivity index (χ2v) is 5.03. The molecule has 0 saturated carbocycles. The number of nitrogens with zero attached hydrogens (tertiary/aromatic N) is 2. The van der Waals surface area contributed by atoms with Crippen molar-refractivity contribution in [1.82, 2.24) is 9.80 Å². The van der Waals surface area contributed by atoms with E-state index in [1.807, 2.05) is 14.0 Å². The molecule has 0 aromatic carbocycles. The van der Waals surface area contributed by atoms with Gasteiger partial charge < -0.3 is 15.5 Å². The molecule has 0 aliphatic carbocycles. The summed E-state index contributed by atoms with van der Waals surface area (Å²) in [5.74, 6) is 0.209. The van der Waals surface area contributed by atoms with Crippen LogP contribution in [0.4, 0.5) is 0 Å². The van der Waals surface area contributed by atoms with Crippen LogP contribution in [0.5, 0.6) is 0 Å².